The van der Waals surface area contributed by atoms with Crippen LogP contribution in [0.2, 0.25) is 0 Å². The van der Waals surface area contributed by atoms with Crippen molar-refractivity contribution in [2.45, 2.75) is 26.7 Å². The maximum Gasteiger partial charge on any atom is 0.255 e. The van der Waals surface area contributed by atoms with Crippen LogP contribution in [-0.4, -0.2) is 28.9 Å². The number of hydrogen-bond donors (Lipinski definition) is 0. The summed E-state index contributed by atoms with van der Waals surface area (Å²) in [5, 5.41) is 1.05. The van der Waals surface area contributed by atoms with Gasteiger partial charge in [-0.2, -0.15) is 0 Å². The molecule has 0 saturated carbocycles. The van der Waals surface area contributed by atoms with E-state index >= 15 is 0 Å². The molecule has 1 fully saturated rings. The van der Waals surface area contributed by atoms with Crippen LogP contribution in [0.3, 0.4) is 0 Å². The van der Waals surface area contributed by atoms with Gasteiger partial charge < -0.3 is 4.90 Å². The van der Waals surface area contributed by atoms with Crippen LogP contribution in [0.5, 0.6) is 0 Å². The molecule has 1 aromatic heterocycles. The molecule has 0 atom stereocenters. The van der Waals surface area contributed by atoms with Crippen LogP contribution in [0.4, 0.5) is 0 Å². The third-order valence-corrected chi connectivity index (χ3v) is 3.78. The number of carbonyl (C=O) groups is 1. The fraction of sp³-hybridized carbons (Fsp3) is 0.375. The fourth-order valence-electron chi connectivity index (χ4n) is 2.70. The Morgan fingerprint density at radius 3 is 2.63 bits per heavy atom. The lowest BCUT2D eigenvalue weighted by Gasteiger charge is -2.16. The Kier molecular flexibility index (Phi) is 2.97. The fourth-order valence-corrected chi connectivity index (χ4v) is 2.70. The second-order valence-electron chi connectivity index (χ2n) is 5.32. The topological polar surface area (TPSA) is 33.2 Å². The van der Waals surface area contributed by atoms with Crippen LogP contribution in [0.1, 0.15) is 34.5 Å². The van der Waals surface area contributed by atoms with Crippen LogP contribution in [0, 0.1) is 13.8 Å². The second-order valence-corrected chi connectivity index (χ2v) is 5.32. The van der Waals surface area contributed by atoms with Crippen molar-refractivity contribution in [3.63, 3.8) is 0 Å². The molecule has 3 nitrogen and oxygen atoms in total. The summed E-state index contributed by atoms with van der Waals surface area (Å²) in [5.41, 5.74) is 3.73. The van der Waals surface area contributed by atoms with E-state index in [4.69, 9.17) is 0 Å². The molecule has 0 N–H and O–H groups in total. The molecule has 3 rings (SSSR count). The van der Waals surface area contributed by atoms with E-state index in [1.807, 2.05) is 24.0 Å². The van der Waals surface area contributed by atoms with Crippen LogP contribution < -0.4 is 0 Å². The summed E-state index contributed by atoms with van der Waals surface area (Å²) in [5.74, 6) is 0.130. The number of likely N-dealkylation sites (tertiary alicyclic amines) is 1. The molecule has 0 radical (unpaired) electrons. The predicted molar refractivity (Wildman–Crippen MR) is 76.4 cm³/mol. The number of nitrogens with zero attached hydrogens (tertiary/aromatic N) is 2. The summed E-state index contributed by atoms with van der Waals surface area (Å²) in [7, 11) is 0. The minimum Gasteiger partial charge on any atom is -0.339 e. The number of aryl methyl sites for hydroxylation is 2. The predicted octanol–water partition coefficient (Wildman–Crippen LogP) is 3.09. The van der Waals surface area contributed by atoms with E-state index in [-0.39, 0.29) is 5.91 Å². The SMILES string of the molecule is Cc1ccc2nc(C)c(C(=O)N3CCCC3)cc2c1. The van der Waals surface area contributed by atoms with Crippen molar-refractivity contribution in [3.8, 4) is 0 Å². The zero-order chi connectivity index (χ0) is 13.4. The van der Waals surface area contributed by atoms with Gasteiger partial charge in [-0.05, 0) is 44.9 Å². The van der Waals surface area contributed by atoms with Gasteiger partial charge in [0.25, 0.3) is 5.91 Å². The normalized spacial score (nSPS) is 15.2. The molecule has 1 aliphatic rings. The van der Waals surface area contributed by atoms with Gasteiger partial charge in [0, 0.05) is 18.5 Å². The molecular weight excluding hydrogens is 236 g/mol. The number of rotatable bonds is 1. The van der Waals surface area contributed by atoms with Crippen molar-refractivity contribution >= 4 is 16.8 Å². The van der Waals surface area contributed by atoms with Gasteiger partial charge in [-0.25, -0.2) is 0 Å². The molecule has 1 saturated heterocycles. The van der Waals surface area contributed by atoms with Crippen LogP contribution >= 0.6 is 0 Å². The molecule has 1 aromatic carbocycles. The first kappa shape index (κ1) is 12.2. The Hall–Kier alpha value is -1.90. The minimum atomic E-state index is 0.130. The van der Waals surface area contributed by atoms with Crippen molar-refractivity contribution < 1.29 is 4.79 Å². The highest BCUT2D eigenvalue weighted by Crippen LogP contribution is 2.21. The molecule has 0 spiro atoms. The molecule has 0 unspecified atom stereocenters. The molecule has 2 heterocycles. The Morgan fingerprint density at radius 1 is 1.16 bits per heavy atom. The van der Waals surface area contributed by atoms with E-state index in [9.17, 15) is 4.79 Å². The zero-order valence-corrected chi connectivity index (χ0v) is 11.4. The lowest BCUT2D eigenvalue weighted by molar-refractivity contribution is 0.0792. The highest BCUT2D eigenvalue weighted by atomic mass is 16.2. The van der Waals surface area contributed by atoms with Gasteiger partial charge >= 0.3 is 0 Å². The molecule has 2 aromatic rings. The van der Waals surface area contributed by atoms with Crippen LogP contribution in [0.15, 0.2) is 24.3 Å². The highest BCUT2D eigenvalue weighted by molar-refractivity contribution is 5.98. The number of benzene rings is 1. The molecule has 98 valence electrons. The summed E-state index contributed by atoms with van der Waals surface area (Å²) in [6.45, 7) is 5.73. The highest BCUT2D eigenvalue weighted by Gasteiger charge is 2.21. The van der Waals surface area contributed by atoms with Gasteiger partial charge in [-0.3, -0.25) is 9.78 Å². The second kappa shape index (κ2) is 4.65. The first-order valence-corrected chi connectivity index (χ1v) is 6.82. The van der Waals surface area contributed by atoms with Crippen LogP contribution in [0.25, 0.3) is 10.9 Å². The van der Waals surface area contributed by atoms with Gasteiger partial charge in [0.2, 0.25) is 0 Å². The molecule has 19 heavy (non-hydrogen) atoms. The number of fused-ring (bicyclic) bond motifs is 1. The van der Waals surface area contributed by atoms with Gasteiger partial charge in [-0.1, -0.05) is 11.6 Å². The van der Waals surface area contributed by atoms with Crippen molar-refractivity contribution in [1.82, 2.24) is 9.88 Å². The van der Waals surface area contributed by atoms with E-state index in [1.54, 1.807) is 0 Å². The standard InChI is InChI=1S/C16H18N2O/c1-11-5-6-15-13(9-11)10-14(12(2)17-15)16(19)18-7-3-4-8-18/h5-6,9-10H,3-4,7-8H2,1-2H3. The zero-order valence-electron chi connectivity index (χ0n) is 11.4. The lowest BCUT2D eigenvalue weighted by Crippen LogP contribution is -2.28. The molecule has 1 aliphatic heterocycles. The number of amides is 1. The van der Waals surface area contributed by atoms with Gasteiger partial charge in [0.15, 0.2) is 0 Å². The Morgan fingerprint density at radius 2 is 1.89 bits per heavy atom. The van der Waals surface area contributed by atoms with Crippen molar-refractivity contribution in [2.75, 3.05) is 13.1 Å². The minimum absolute atomic E-state index is 0.130. The Balaban J connectivity index is 2.07. The van der Waals surface area contributed by atoms with E-state index in [2.05, 4.69) is 24.0 Å². The summed E-state index contributed by atoms with van der Waals surface area (Å²) in [6.07, 6.45) is 2.23. The summed E-state index contributed by atoms with van der Waals surface area (Å²) in [6, 6.07) is 8.15. The maximum absolute atomic E-state index is 12.5. The van der Waals surface area contributed by atoms with E-state index in [1.165, 1.54) is 5.56 Å². The molecule has 0 bridgehead atoms. The summed E-state index contributed by atoms with van der Waals surface area (Å²) in [4.78, 5) is 19.0. The number of carbonyl (C=O) groups excluding carboxylic acids is 1. The first-order chi connectivity index (χ1) is 9.15. The van der Waals surface area contributed by atoms with Gasteiger partial charge in [0.1, 0.15) is 0 Å². The number of hydrogen-bond acceptors (Lipinski definition) is 2. The largest absolute Gasteiger partial charge is 0.339 e. The summed E-state index contributed by atoms with van der Waals surface area (Å²) >= 11 is 0. The molecule has 0 aliphatic carbocycles. The quantitative estimate of drug-likeness (QED) is 0.783. The van der Waals surface area contributed by atoms with Crippen molar-refractivity contribution in [2.24, 2.45) is 0 Å². The molecule has 1 amide bonds. The summed E-state index contributed by atoms with van der Waals surface area (Å²) < 4.78 is 0. The van der Waals surface area contributed by atoms with E-state index < -0.39 is 0 Å². The number of pyridine rings is 1. The van der Waals surface area contributed by atoms with Gasteiger partial charge in [-0.15, -0.1) is 0 Å². The average molecular weight is 254 g/mol. The molecule has 3 heteroatoms. The third kappa shape index (κ3) is 2.21. The van der Waals surface area contributed by atoms with E-state index in [0.717, 1.165) is 48.1 Å². The van der Waals surface area contributed by atoms with Crippen LogP contribution in [-0.2, 0) is 0 Å². The lowest BCUT2D eigenvalue weighted by atomic mass is 10.1. The van der Waals surface area contributed by atoms with Gasteiger partial charge in [0.05, 0.1) is 16.8 Å². The monoisotopic (exact) mass is 254 g/mol. The Labute approximate surface area is 113 Å². The third-order valence-electron chi connectivity index (χ3n) is 3.78. The molecular formula is C16H18N2O. The van der Waals surface area contributed by atoms with E-state index in [0.29, 0.717) is 0 Å². The van der Waals surface area contributed by atoms with Crippen molar-refractivity contribution in [3.05, 3.63) is 41.1 Å². The average Bonchev–Trinajstić information content (AvgIpc) is 2.91. The Bertz CT molecular complexity index is 642. The smallest absolute Gasteiger partial charge is 0.255 e. The van der Waals surface area contributed by atoms with Crippen molar-refractivity contribution in [1.29, 1.82) is 0 Å². The first-order valence-electron chi connectivity index (χ1n) is 6.82. The maximum atomic E-state index is 12.5. The number of aromatic nitrogens is 1.